The Hall–Kier alpha value is -4.20. The Morgan fingerprint density at radius 2 is 1.26 bits per heavy atom. The highest BCUT2D eigenvalue weighted by Crippen LogP contribution is 2.28. The van der Waals surface area contributed by atoms with Crippen LogP contribution >= 0.6 is 0 Å². The second-order valence-corrected chi connectivity index (χ2v) is 7.57. The summed E-state index contributed by atoms with van der Waals surface area (Å²) in [6.45, 7) is -0.408. The molecule has 1 N–H and O–H groups in total. The van der Waals surface area contributed by atoms with Crippen LogP contribution in [0.1, 0.15) is 22.7 Å². The van der Waals surface area contributed by atoms with Gasteiger partial charge in [0.15, 0.2) is 18.1 Å². The molecule has 0 saturated carbocycles. The van der Waals surface area contributed by atoms with Crippen molar-refractivity contribution in [3.63, 3.8) is 0 Å². The van der Waals surface area contributed by atoms with Crippen molar-refractivity contribution in [2.45, 2.75) is 12.5 Å². The molecule has 3 rings (SSSR count). The second kappa shape index (κ2) is 12.3. The molecule has 8 nitrogen and oxygen atoms in total. The summed E-state index contributed by atoms with van der Waals surface area (Å²) < 4.78 is 26.1. The van der Waals surface area contributed by atoms with E-state index in [-0.39, 0.29) is 6.42 Å². The first kappa shape index (κ1) is 25.4. The van der Waals surface area contributed by atoms with Gasteiger partial charge >= 0.3 is 5.97 Å². The molecular formula is C27H29NO7. The number of esters is 1. The maximum absolute atomic E-state index is 12.7. The lowest BCUT2D eigenvalue weighted by molar-refractivity contribution is -0.148. The van der Waals surface area contributed by atoms with Crippen molar-refractivity contribution in [2.75, 3.05) is 35.0 Å². The fourth-order valence-electron chi connectivity index (χ4n) is 3.51. The second-order valence-electron chi connectivity index (χ2n) is 7.57. The zero-order valence-electron chi connectivity index (χ0n) is 20.2. The lowest BCUT2D eigenvalue weighted by atomic mass is 9.98. The zero-order chi connectivity index (χ0) is 25.2. The van der Waals surface area contributed by atoms with Crippen LogP contribution in [0, 0.1) is 0 Å². The molecule has 1 amide bonds. The van der Waals surface area contributed by atoms with Gasteiger partial charge in [-0.05, 0) is 53.1 Å². The molecule has 0 aliphatic heterocycles. The fraction of sp³-hybridized carbons (Fsp3) is 0.259. The third-order valence-electron chi connectivity index (χ3n) is 5.36. The highest BCUT2D eigenvalue weighted by atomic mass is 16.5. The molecule has 0 unspecified atom stereocenters. The Bertz CT molecular complexity index is 1080. The molecule has 3 aromatic carbocycles. The molecule has 0 aliphatic rings. The minimum Gasteiger partial charge on any atom is -0.497 e. The molecule has 35 heavy (non-hydrogen) atoms. The van der Waals surface area contributed by atoms with Crippen molar-refractivity contribution in [1.82, 2.24) is 5.32 Å². The molecule has 184 valence electrons. The van der Waals surface area contributed by atoms with Crippen molar-refractivity contribution < 1.29 is 33.3 Å². The van der Waals surface area contributed by atoms with Gasteiger partial charge in [0, 0.05) is 0 Å². The Morgan fingerprint density at radius 3 is 1.74 bits per heavy atom. The average Bonchev–Trinajstić information content (AvgIpc) is 2.90. The van der Waals surface area contributed by atoms with Gasteiger partial charge in [0.05, 0.1) is 40.9 Å². The van der Waals surface area contributed by atoms with Crippen LogP contribution in [-0.2, 0) is 20.7 Å². The van der Waals surface area contributed by atoms with Gasteiger partial charge in [-0.15, -0.1) is 0 Å². The first-order valence-corrected chi connectivity index (χ1v) is 10.9. The first-order chi connectivity index (χ1) is 17.0. The summed E-state index contributed by atoms with van der Waals surface area (Å²) in [5.74, 6) is 1.53. The Kier molecular flexibility index (Phi) is 8.95. The minimum atomic E-state index is -0.530. The molecule has 8 heteroatoms. The molecule has 0 aliphatic carbocycles. The van der Waals surface area contributed by atoms with Crippen LogP contribution in [0.2, 0.25) is 0 Å². The van der Waals surface area contributed by atoms with Crippen LogP contribution in [0.4, 0.5) is 0 Å². The van der Waals surface area contributed by atoms with E-state index in [9.17, 15) is 9.59 Å². The lowest BCUT2D eigenvalue weighted by Crippen LogP contribution is -2.33. The molecular weight excluding hydrogens is 450 g/mol. The molecule has 0 spiro atoms. The quantitative estimate of drug-likeness (QED) is 0.419. The number of ether oxygens (including phenoxy) is 5. The van der Waals surface area contributed by atoms with Crippen LogP contribution < -0.4 is 24.3 Å². The van der Waals surface area contributed by atoms with Gasteiger partial charge in [0.1, 0.15) is 11.5 Å². The number of methoxy groups -OCH3 is 4. The highest BCUT2D eigenvalue weighted by Gasteiger charge is 2.19. The van der Waals surface area contributed by atoms with E-state index in [4.69, 9.17) is 23.7 Å². The van der Waals surface area contributed by atoms with Crippen LogP contribution in [0.25, 0.3) is 0 Å². The van der Waals surface area contributed by atoms with Gasteiger partial charge < -0.3 is 29.0 Å². The van der Waals surface area contributed by atoms with E-state index >= 15 is 0 Å². The van der Waals surface area contributed by atoms with E-state index in [2.05, 4.69) is 5.32 Å². The zero-order valence-corrected chi connectivity index (χ0v) is 20.2. The van der Waals surface area contributed by atoms with Gasteiger partial charge in [-0.25, -0.2) is 0 Å². The highest BCUT2D eigenvalue weighted by molar-refractivity contribution is 5.82. The monoisotopic (exact) mass is 479 g/mol. The number of benzene rings is 3. The van der Waals surface area contributed by atoms with Crippen LogP contribution in [0.3, 0.4) is 0 Å². The molecule has 0 atom stereocenters. The summed E-state index contributed by atoms with van der Waals surface area (Å²) in [4.78, 5) is 25.0. The summed E-state index contributed by atoms with van der Waals surface area (Å²) in [6.07, 6.45) is -0.00593. The van der Waals surface area contributed by atoms with Crippen LogP contribution in [0.15, 0.2) is 66.7 Å². The standard InChI is InChI=1S/C27H29NO7/c1-31-21-10-6-19(7-11-21)27(20-8-12-22(32-2)13-9-20)28-25(29)17-35-26(30)16-18-5-14-23(33-3)24(15-18)34-4/h5-15,27H,16-17H2,1-4H3,(H,28,29). The van der Waals surface area contributed by atoms with Crippen molar-refractivity contribution >= 4 is 11.9 Å². The van der Waals surface area contributed by atoms with Crippen molar-refractivity contribution in [3.8, 4) is 23.0 Å². The predicted octanol–water partition coefficient (Wildman–Crippen LogP) is 3.71. The van der Waals surface area contributed by atoms with Gasteiger partial charge in [0.2, 0.25) is 0 Å². The molecule has 0 radical (unpaired) electrons. The Labute approximate surface area is 204 Å². The first-order valence-electron chi connectivity index (χ1n) is 10.9. The van der Waals surface area contributed by atoms with E-state index in [0.717, 1.165) is 11.1 Å². The lowest BCUT2D eigenvalue weighted by Gasteiger charge is -2.20. The molecule has 0 bridgehead atoms. The van der Waals surface area contributed by atoms with E-state index in [1.165, 1.54) is 14.2 Å². The number of rotatable bonds is 11. The Balaban J connectivity index is 1.66. The predicted molar refractivity (Wildman–Crippen MR) is 130 cm³/mol. The number of hydrogen-bond acceptors (Lipinski definition) is 7. The molecule has 3 aromatic rings. The SMILES string of the molecule is COc1ccc(C(NC(=O)COC(=O)Cc2ccc(OC)c(OC)c2)c2ccc(OC)cc2)cc1. The maximum Gasteiger partial charge on any atom is 0.310 e. The number of carbonyl (C=O) groups excluding carboxylic acids is 2. The van der Waals surface area contributed by atoms with E-state index in [1.54, 1.807) is 32.4 Å². The van der Waals surface area contributed by atoms with E-state index in [0.29, 0.717) is 28.6 Å². The van der Waals surface area contributed by atoms with Crippen LogP contribution in [-0.4, -0.2) is 46.9 Å². The van der Waals surface area contributed by atoms with Gasteiger partial charge in [-0.2, -0.15) is 0 Å². The van der Waals surface area contributed by atoms with Crippen molar-refractivity contribution in [2.24, 2.45) is 0 Å². The third-order valence-corrected chi connectivity index (χ3v) is 5.36. The van der Waals surface area contributed by atoms with Crippen molar-refractivity contribution in [3.05, 3.63) is 83.4 Å². The third kappa shape index (κ3) is 6.89. The molecule has 0 heterocycles. The van der Waals surface area contributed by atoms with E-state index < -0.39 is 24.5 Å². The summed E-state index contributed by atoms with van der Waals surface area (Å²) in [7, 11) is 6.24. The largest absolute Gasteiger partial charge is 0.497 e. The molecule has 0 saturated heterocycles. The van der Waals surface area contributed by atoms with Gasteiger partial charge in [0.25, 0.3) is 5.91 Å². The maximum atomic E-state index is 12.7. The van der Waals surface area contributed by atoms with Gasteiger partial charge in [-0.3, -0.25) is 9.59 Å². The normalized spacial score (nSPS) is 10.4. The summed E-state index contributed by atoms with van der Waals surface area (Å²) >= 11 is 0. The topological polar surface area (TPSA) is 92.3 Å². The number of amides is 1. The summed E-state index contributed by atoms with van der Waals surface area (Å²) in [5, 5.41) is 2.94. The number of hydrogen-bond donors (Lipinski definition) is 1. The summed E-state index contributed by atoms with van der Waals surface area (Å²) in [5.41, 5.74) is 2.38. The fourth-order valence-corrected chi connectivity index (χ4v) is 3.51. The number of carbonyl (C=O) groups is 2. The molecule has 0 fully saturated rings. The smallest absolute Gasteiger partial charge is 0.310 e. The summed E-state index contributed by atoms with van der Waals surface area (Å²) in [6, 6.07) is 19.5. The van der Waals surface area contributed by atoms with Gasteiger partial charge in [-0.1, -0.05) is 30.3 Å². The average molecular weight is 480 g/mol. The Morgan fingerprint density at radius 1 is 0.714 bits per heavy atom. The minimum absolute atomic E-state index is 0.00593. The van der Waals surface area contributed by atoms with E-state index in [1.807, 2.05) is 48.5 Å². The van der Waals surface area contributed by atoms with Crippen LogP contribution in [0.5, 0.6) is 23.0 Å². The number of nitrogens with one attached hydrogen (secondary N) is 1. The van der Waals surface area contributed by atoms with Crippen molar-refractivity contribution in [1.29, 1.82) is 0 Å². The molecule has 0 aromatic heterocycles.